The van der Waals surface area contributed by atoms with E-state index in [0.29, 0.717) is 33.9 Å². The summed E-state index contributed by atoms with van der Waals surface area (Å²) in [6, 6.07) is 1.88. The molecule has 0 saturated heterocycles. The first kappa shape index (κ1) is 15.2. The van der Waals surface area contributed by atoms with Crippen LogP contribution in [0.5, 0.6) is 0 Å². The fourth-order valence-electron chi connectivity index (χ4n) is 1.74. The van der Waals surface area contributed by atoms with Gasteiger partial charge in [0, 0.05) is 18.7 Å². The Bertz CT molecular complexity index is 573. The van der Waals surface area contributed by atoms with Crippen LogP contribution < -0.4 is 5.32 Å². The summed E-state index contributed by atoms with van der Waals surface area (Å²) in [5, 5.41) is 8.14. The third kappa shape index (κ3) is 3.91. The van der Waals surface area contributed by atoms with Gasteiger partial charge in [-0.2, -0.15) is 4.98 Å². The Morgan fingerprint density at radius 3 is 2.90 bits per heavy atom. The molecule has 2 aromatic heterocycles. The molecule has 0 amide bonds. The minimum absolute atomic E-state index is 0.275. The zero-order valence-corrected chi connectivity index (χ0v) is 12.9. The van der Waals surface area contributed by atoms with Gasteiger partial charge in [-0.25, -0.2) is 4.98 Å². The second-order valence-corrected chi connectivity index (χ2v) is 5.40. The monoisotopic (exact) mass is 314 g/mol. The Hall–Kier alpha value is -1.17. The zero-order chi connectivity index (χ0) is 14.5. The average Bonchev–Trinajstić information content (AvgIpc) is 2.84. The number of rotatable bonds is 6. The molecule has 7 heteroatoms. The minimum atomic E-state index is 0.275. The van der Waals surface area contributed by atoms with E-state index in [2.05, 4.69) is 34.3 Å². The normalized spacial score (nSPS) is 12.6. The summed E-state index contributed by atoms with van der Waals surface area (Å²) in [5.41, 5.74) is 0.472. The van der Waals surface area contributed by atoms with Crippen LogP contribution in [0.2, 0.25) is 10.0 Å². The summed E-state index contributed by atoms with van der Waals surface area (Å²) in [7, 11) is 0. The molecule has 0 aliphatic rings. The number of halogens is 2. The van der Waals surface area contributed by atoms with Crippen LogP contribution in [-0.4, -0.2) is 27.7 Å². The smallest absolute Gasteiger partial charge is 0.228 e. The topological polar surface area (TPSA) is 63.8 Å². The van der Waals surface area contributed by atoms with Crippen molar-refractivity contribution in [2.45, 2.75) is 32.7 Å². The summed E-state index contributed by atoms with van der Waals surface area (Å²) >= 11 is 11.9. The van der Waals surface area contributed by atoms with Crippen molar-refractivity contribution in [3.05, 3.63) is 28.2 Å². The number of nitrogens with one attached hydrogen (secondary N) is 1. The van der Waals surface area contributed by atoms with Crippen molar-refractivity contribution >= 4 is 23.2 Å². The molecule has 20 heavy (non-hydrogen) atoms. The molecule has 0 saturated carbocycles. The lowest BCUT2D eigenvalue weighted by molar-refractivity contribution is 0.362. The van der Waals surface area contributed by atoms with Crippen molar-refractivity contribution in [3.63, 3.8) is 0 Å². The summed E-state index contributed by atoms with van der Waals surface area (Å²) in [6.45, 7) is 5.17. The van der Waals surface area contributed by atoms with Crippen LogP contribution in [-0.2, 0) is 6.42 Å². The quantitative estimate of drug-likeness (QED) is 0.885. The molecule has 0 radical (unpaired) electrons. The Labute approximate surface area is 127 Å². The molecule has 1 unspecified atom stereocenters. The molecule has 5 nitrogen and oxygen atoms in total. The van der Waals surface area contributed by atoms with E-state index in [1.165, 1.54) is 6.20 Å². The predicted molar refractivity (Wildman–Crippen MR) is 79.0 cm³/mol. The molecule has 108 valence electrons. The molecule has 1 N–H and O–H groups in total. The molecule has 0 aliphatic heterocycles. The van der Waals surface area contributed by atoms with Crippen LogP contribution in [0.3, 0.4) is 0 Å². The fourth-order valence-corrected chi connectivity index (χ4v) is 2.20. The summed E-state index contributed by atoms with van der Waals surface area (Å²) in [6.07, 6.45) is 3.26. The van der Waals surface area contributed by atoms with Crippen molar-refractivity contribution in [1.82, 2.24) is 20.4 Å². The highest BCUT2D eigenvalue weighted by molar-refractivity contribution is 6.35. The average molecular weight is 315 g/mol. The lowest BCUT2D eigenvalue weighted by atomic mass is 10.2. The van der Waals surface area contributed by atoms with Gasteiger partial charge in [-0.05, 0) is 26.0 Å². The first-order chi connectivity index (χ1) is 9.60. The summed E-state index contributed by atoms with van der Waals surface area (Å²) in [4.78, 5) is 8.44. The lowest BCUT2D eigenvalue weighted by Gasteiger charge is -2.09. The number of pyridine rings is 1. The fraction of sp³-hybridized carbons (Fsp3) is 0.462. The third-order valence-corrected chi connectivity index (χ3v) is 3.21. The predicted octanol–water partition coefficient (Wildman–Crippen LogP) is 3.37. The van der Waals surface area contributed by atoms with E-state index in [-0.39, 0.29) is 6.04 Å². The van der Waals surface area contributed by atoms with Gasteiger partial charge >= 0.3 is 0 Å². The largest absolute Gasteiger partial charge is 0.339 e. The Morgan fingerprint density at radius 1 is 1.40 bits per heavy atom. The maximum absolute atomic E-state index is 6.07. The van der Waals surface area contributed by atoms with Crippen LogP contribution in [0, 0.1) is 0 Å². The van der Waals surface area contributed by atoms with Crippen LogP contribution in [0.1, 0.15) is 26.2 Å². The summed E-state index contributed by atoms with van der Waals surface area (Å²) in [5.74, 6) is 0.938. The van der Waals surface area contributed by atoms with E-state index in [4.69, 9.17) is 27.7 Å². The highest BCUT2D eigenvalue weighted by atomic mass is 35.5. The van der Waals surface area contributed by atoms with Crippen molar-refractivity contribution in [3.8, 4) is 11.5 Å². The lowest BCUT2D eigenvalue weighted by Crippen LogP contribution is -2.28. The van der Waals surface area contributed by atoms with Gasteiger partial charge in [0.1, 0.15) is 5.69 Å². The van der Waals surface area contributed by atoms with E-state index < -0.39 is 0 Å². The maximum atomic E-state index is 6.07. The minimum Gasteiger partial charge on any atom is -0.339 e. The van der Waals surface area contributed by atoms with Gasteiger partial charge in [0.25, 0.3) is 0 Å². The van der Waals surface area contributed by atoms with Crippen LogP contribution in [0.25, 0.3) is 11.5 Å². The molecular weight excluding hydrogens is 299 g/mol. The van der Waals surface area contributed by atoms with Crippen LogP contribution in [0.4, 0.5) is 0 Å². The molecular formula is C13H16Cl2N4O. The Balaban J connectivity index is 2.08. The standard InChI is InChI=1S/C13H16Cl2N4O/c1-3-4-16-8(2)5-11-18-13(19-20-11)12-10(15)6-9(14)7-17-12/h6-8,16H,3-5H2,1-2H3. The number of hydrogen-bond acceptors (Lipinski definition) is 5. The Morgan fingerprint density at radius 2 is 2.20 bits per heavy atom. The number of hydrogen-bond donors (Lipinski definition) is 1. The van der Waals surface area contributed by atoms with Crippen molar-refractivity contribution in [2.24, 2.45) is 0 Å². The van der Waals surface area contributed by atoms with Gasteiger partial charge in [0.2, 0.25) is 11.7 Å². The second-order valence-electron chi connectivity index (χ2n) is 4.55. The first-order valence-electron chi connectivity index (χ1n) is 6.47. The molecule has 0 aromatic carbocycles. The van der Waals surface area contributed by atoms with Crippen molar-refractivity contribution < 1.29 is 4.52 Å². The van der Waals surface area contributed by atoms with E-state index in [0.717, 1.165) is 13.0 Å². The highest BCUT2D eigenvalue weighted by Crippen LogP contribution is 2.25. The molecule has 0 spiro atoms. The number of nitrogens with zero attached hydrogens (tertiary/aromatic N) is 3. The third-order valence-electron chi connectivity index (χ3n) is 2.71. The molecule has 2 rings (SSSR count). The SMILES string of the molecule is CCCNC(C)Cc1nc(-c2ncc(Cl)cc2Cl)no1. The van der Waals surface area contributed by atoms with Crippen LogP contribution >= 0.6 is 23.2 Å². The van der Waals surface area contributed by atoms with E-state index in [9.17, 15) is 0 Å². The van der Waals surface area contributed by atoms with Gasteiger partial charge < -0.3 is 9.84 Å². The van der Waals surface area contributed by atoms with Gasteiger partial charge in [-0.1, -0.05) is 35.3 Å². The molecule has 0 fully saturated rings. The molecule has 2 aromatic rings. The van der Waals surface area contributed by atoms with Crippen molar-refractivity contribution in [1.29, 1.82) is 0 Å². The second kappa shape index (κ2) is 7.02. The molecule has 1 atom stereocenters. The van der Waals surface area contributed by atoms with Gasteiger partial charge in [-0.15, -0.1) is 0 Å². The van der Waals surface area contributed by atoms with E-state index in [1.54, 1.807) is 6.07 Å². The van der Waals surface area contributed by atoms with Gasteiger partial charge in [-0.3, -0.25) is 0 Å². The molecule has 0 bridgehead atoms. The van der Waals surface area contributed by atoms with Crippen molar-refractivity contribution in [2.75, 3.05) is 6.54 Å². The highest BCUT2D eigenvalue weighted by Gasteiger charge is 2.15. The van der Waals surface area contributed by atoms with E-state index >= 15 is 0 Å². The number of aromatic nitrogens is 3. The zero-order valence-electron chi connectivity index (χ0n) is 11.4. The van der Waals surface area contributed by atoms with E-state index in [1.807, 2.05) is 0 Å². The van der Waals surface area contributed by atoms with Gasteiger partial charge in [0.15, 0.2) is 0 Å². The molecule has 0 aliphatic carbocycles. The Kier molecular flexibility index (Phi) is 5.34. The van der Waals surface area contributed by atoms with Crippen LogP contribution in [0.15, 0.2) is 16.8 Å². The summed E-state index contributed by atoms with van der Waals surface area (Å²) < 4.78 is 5.22. The molecule has 2 heterocycles. The maximum Gasteiger partial charge on any atom is 0.228 e. The van der Waals surface area contributed by atoms with Gasteiger partial charge in [0.05, 0.1) is 10.0 Å². The first-order valence-corrected chi connectivity index (χ1v) is 7.23.